The van der Waals surface area contributed by atoms with Crippen LogP contribution in [-0.4, -0.2) is 22.3 Å². The number of hydrogen-bond donors (Lipinski definition) is 2. The predicted molar refractivity (Wildman–Crippen MR) is 31.2 cm³/mol. The van der Waals surface area contributed by atoms with Crippen molar-refractivity contribution in [2.24, 2.45) is 0 Å². The topological polar surface area (TPSA) is 57.5 Å². The fourth-order valence-electron chi connectivity index (χ4n) is 0.175. The highest BCUT2D eigenvalue weighted by Gasteiger charge is 2.07. The fourth-order valence-corrected chi connectivity index (χ4v) is 0.175. The molecule has 50 valence electrons. The third-order valence-corrected chi connectivity index (χ3v) is 0.672. The maximum Gasteiger partial charge on any atom is 0.332 e. The summed E-state index contributed by atoms with van der Waals surface area (Å²) in [5.41, 5.74) is 0. The molecule has 0 rings (SSSR count). The van der Waals surface area contributed by atoms with Crippen LogP contribution >= 0.6 is 12.4 Å². The van der Waals surface area contributed by atoms with Crippen LogP contribution in [0.15, 0.2) is 0 Å². The minimum atomic E-state index is -1.18. The van der Waals surface area contributed by atoms with Crippen LogP contribution in [0.25, 0.3) is 0 Å². The van der Waals surface area contributed by atoms with E-state index in [4.69, 9.17) is 10.2 Å². The Hall–Kier alpha value is -0.280. The average Bonchev–Trinajstić information content (AvgIpc) is 1.65. The third kappa shape index (κ3) is 3.89. The second kappa shape index (κ2) is 4.87. The Bertz CT molecular complexity index is 73.7. The molecule has 0 aromatic carbocycles. The number of halogens is 1. The number of aliphatic hydroxyl groups is 1. The lowest BCUT2D eigenvalue weighted by Crippen LogP contribution is -2.17. The van der Waals surface area contributed by atoms with Gasteiger partial charge in [0.25, 0.3) is 0 Å². The maximum atomic E-state index is 9.68. The van der Waals surface area contributed by atoms with E-state index in [2.05, 4.69) is 0 Å². The van der Waals surface area contributed by atoms with Gasteiger partial charge in [0.05, 0.1) is 0 Å². The molecule has 0 heterocycles. The molecule has 8 heavy (non-hydrogen) atoms. The van der Waals surface area contributed by atoms with Crippen LogP contribution in [0.1, 0.15) is 13.3 Å². The van der Waals surface area contributed by atoms with Gasteiger partial charge in [0.2, 0.25) is 0 Å². The van der Waals surface area contributed by atoms with Gasteiger partial charge in [0.1, 0.15) is 0 Å². The van der Waals surface area contributed by atoms with Crippen LogP contribution in [0.3, 0.4) is 0 Å². The van der Waals surface area contributed by atoms with E-state index in [-0.39, 0.29) is 18.8 Å². The van der Waals surface area contributed by atoms with E-state index in [1.165, 1.54) is 0 Å². The molecule has 0 saturated heterocycles. The molecular formula is C4H9ClO3. The average molecular weight is 141 g/mol. The second-order valence-corrected chi connectivity index (χ2v) is 1.26. The van der Waals surface area contributed by atoms with Crippen molar-refractivity contribution in [3.8, 4) is 0 Å². The number of aliphatic hydroxyl groups excluding tert-OH is 1. The van der Waals surface area contributed by atoms with Gasteiger partial charge in [-0.15, -0.1) is 12.4 Å². The summed E-state index contributed by atoms with van der Waals surface area (Å²) in [5.74, 6) is -1.15. The van der Waals surface area contributed by atoms with E-state index < -0.39 is 12.1 Å². The van der Waals surface area contributed by atoms with Gasteiger partial charge < -0.3 is 10.2 Å². The van der Waals surface area contributed by atoms with Crippen molar-refractivity contribution in [3.05, 3.63) is 0 Å². The standard InChI is InChI=1S/C4H8O3.ClH/c1-2-3(5)4(6)7;/h3,5H,2H2,1H3,(H,6,7);1H/t3-;/m1./s1. The van der Waals surface area contributed by atoms with Crippen molar-refractivity contribution >= 4 is 18.4 Å². The smallest absolute Gasteiger partial charge is 0.332 e. The van der Waals surface area contributed by atoms with Gasteiger partial charge in [-0.25, -0.2) is 4.79 Å². The molecule has 3 nitrogen and oxygen atoms in total. The first-order valence-corrected chi connectivity index (χ1v) is 2.09. The molecule has 0 spiro atoms. The van der Waals surface area contributed by atoms with Gasteiger partial charge in [0.15, 0.2) is 6.10 Å². The number of aliphatic carboxylic acids is 1. The Kier molecular flexibility index (Phi) is 6.48. The quantitative estimate of drug-likeness (QED) is 0.579. The fraction of sp³-hybridized carbons (Fsp3) is 0.750. The zero-order valence-electron chi connectivity index (χ0n) is 4.50. The number of carboxylic acids is 1. The van der Waals surface area contributed by atoms with Crippen molar-refractivity contribution in [2.75, 3.05) is 0 Å². The Labute approximate surface area is 53.7 Å². The summed E-state index contributed by atoms with van der Waals surface area (Å²) in [4.78, 5) is 9.68. The lowest BCUT2D eigenvalue weighted by molar-refractivity contribution is -0.146. The van der Waals surface area contributed by atoms with Crippen molar-refractivity contribution in [3.63, 3.8) is 0 Å². The van der Waals surface area contributed by atoms with Crippen LogP contribution in [0, 0.1) is 0 Å². The van der Waals surface area contributed by atoms with Crippen molar-refractivity contribution < 1.29 is 15.0 Å². The molecule has 0 aliphatic carbocycles. The lowest BCUT2D eigenvalue weighted by atomic mass is 10.3. The van der Waals surface area contributed by atoms with Crippen LogP contribution in [0.5, 0.6) is 0 Å². The van der Waals surface area contributed by atoms with E-state index in [0.29, 0.717) is 0 Å². The van der Waals surface area contributed by atoms with Gasteiger partial charge in [0, 0.05) is 0 Å². The number of hydrogen-bond acceptors (Lipinski definition) is 2. The zero-order chi connectivity index (χ0) is 5.86. The van der Waals surface area contributed by atoms with Crippen molar-refractivity contribution in [2.45, 2.75) is 19.4 Å². The van der Waals surface area contributed by atoms with Crippen LogP contribution in [0.2, 0.25) is 0 Å². The third-order valence-electron chi connectivity index (χ3n) is 0.672. The van der Waals surface area contributed by atoms with Crippen molar-refractivity contribution in [1.29, 1.82) is 0 Å². The molecule has 1 atom stereocenters. The Morgan fingerprint density at radius 1 is 1.75 bits per heavy atom. The highest BCUT2D eigenvalue weighted by molar-refractivity contribution is 5.85. The molecule has 0 amide bonds. The first-order chi connectivity index (χ1) is 3.18. The van der Waals surface area contributed by atoms with Crippen molar-refractivity contribution in [1.82, 2.24) is 0 Å². The van der Waals surface area contributed by atoms with Gasteiger partial charge in [-0.2, -0.15) is 0 Å². The van der Waals surface area contributed by atoms with E-state index in [9.17, 15) is 4.79 Å². The van der Waals surface area contributed by atoms with Gasteiger partial charge in [-0.05, 0) is 6.42 Å². The van der Waals surface area contributed by atoms with Crippen LogP contribution in [0.4, 0.5) is 0 Å². The van der Waals surface area contributed by atoms with E-state index in [1.807, 2.05) is 0 Å². The molecule has 0 bridgehead atoms. The summed E-state index contributed by atoms with van der Waals surface area (Å²) in [6.45, 7) is 1.61. The highest BCUT2D eigenvalue weighted by atomic mass is 35.5. The Morgan fingerprint density at radius 2 is 2.12 bits per heavy atom. The molecule has 0 fully saturated rings. The van der Waals surface area contributed by atoms with Gasteiger partial charge in [-0.1, -0.05) is 6.92 Å². The molecule has 0 aliphatic heterocycles. The largest absolute Gasteiger partial charge is 0.479 e. The second-order valence-electron chi connectivity index (χ2n) is 1.26. The first-order valence-electron chi connectivity index (χ1n) is 2.09. The maximum absolute atomic E-state index is 9.68. The number of carboxylic acid groups (broad SMARTS) is 1. The summed E-state index contributed by atoms with van der Waals surface area (Å²) in [6.07, 6.45) is -0.907. The monoisotopic (exact) mass is 140 g/mol. The molecule has 0 aromatic rings. The summed E-state index contributed by atoms with van der Waals surface area (Å²) in [6, 6.07) is 0. The van der Waals surface area contributed by atoms with E-state index in [0.717, 1.165) is 0 Å². The molecule has 0 radical (unpaired) electrons. The molecule has 0 unspecified atom stereocenters. The number of rotatable bonds is 2. The minimum absolute atomic E-state index is 0. The highest BCUT2D eigenvalue weighted by Crippen LogP contribution is 1.86. The van der Waals surface area contributed by atoms with Gasteiger partial charge in [-0.3, -0.25) is 0 Å². The summed E-state index contributed by atoms with van der Waals surface area (Å²) in [5, 5.41) is 16.3. The molecule has 2 N–H and O–H groups in total. The van der Waals surface area contributed by atoms with E-state index >= 15 is 0 Å². The van der Waals surface area contributed by atoms with E-state index in [1.54, 1.807) is 6.92 Å². The molecular weight excluding hydrogens is 131 g/mol. The zero-order valence-corrected chi connectivity index (χ0v) is 5.31. The lowest BCUT2D eigenvalue weighted by Gasteiger charge is -1.95. The summed E-state index contributed by atoms with van der Waals surface area (Å²) < 4.78 is 0. The Morgan fingerprint density at radius 3 is 2.12 bits per heavy atom. The minimum Gasteiger partial charge on any atom is -0.479 e. The Balaban J connectivity index is 0. The van der Waals surface area contributed by atoms with Crippen LogP contribution < -0.4 is 0 Å². The summed E-state index contributed by atoms with van der Waals surface area (Å²) in [7, 11) is 0. The molecule has 0 aromatic heterocycles. The van der Waals surface area contributed by atoms with Crippen LogP contribution in [-0.2, 0) is 4.79 Å². The van der Waals surface area contributed by atoms with Gasteiger partial charge >= 0.3 is 5.97 Å². The first kappa shape index (κ1) is 10.7. The normalized spacial score (nSPS) is 11.8. The number of carbonyl (C=O) groups is 1. The molecule has 0 aliphatic rings. The summed E-state index contributed by atoms with van der Waals surface area (Å²) >= 11 is 0. The predicted octanol–water partition coefficient (Wildman–Crippen LogP) is 0.264. The molecule has 4 heteroatoms. The SMILES string of the molecule is CC[C@@H](O)C(=O)O.Cl. The molecule has 0 saturated carbocycles.